The van der Waals surface area contributed by atoms with Gasteiger partial charge in [0.05, 0.1) is 5.69 Å². The Balaban J connectivity index is 1.64. The van der Waals surface area contributed by atoms with Crippen molar-refractivity contribution in [2.24, 2.45) is 0 Å². The van der Waals surface area contributed by atoms with Crippen LogP contribution in [0.5, 0.6) is 5.75 Å². The second-order valence-electron chi connectivity index (χ2n) is 6.85. The number of nitrogens with one attached hydrogen (secondary N) is 2. The van der Waals surface area contributed by atoms with Crippen molar-refractivity contribution in [2.75, 3.05) is 10.6 Å². The van der Waals surface area contributed by atoms with E-state index in [2.05, 4.69) is 20.6 Å². The molecule has 0 spiro atoms. The summed E-state index contributed by atoms with van der Waals surface area (Å²) in [6.07, 6.45) is 9.67. The zero-order chi connectivity index (χ0) is 18.5. The first kappa shape index (κ1) is 17.3. The molecule has 0 amide bonds. The zero-order valence-corrected chi connectivity index (χ0v) is 15.1. The summed E-state index contributed by atoms with van der Waals surface area (Å²) in [6, 6.07) is 13.1. The van der Waals surface area contributed by atoms with Gasteiger partial charge in [-0.15, -0.1) is 0 Å². The number of anilines is 3. The lowest BCUT2D eigenvalue weighted by Crippen LogP contribution is -2.23. The fourth-order valence-corrected chi connectivity index (χ4v) is 3.36. The lowest BCUT2D eigenvalue weighted by atomic mass is 9.96. The average molecular weight is 361 g/mol. The van der Waals surface area contributed by atoms with Crippen molar-refractivity contribution in [3.8, 4) is 17.0 Å². The summed E-state index contributed by atoms with van der Waals surface area (Å²) >= 11 is 0. The van der Waals surface area contributed by atoms with E-state index in [1.54, 1.807) is 24.5 Å². The molecule has 3 N–H and O–H groups in total. The van der Waals surface area contributed by atoms with Gasteiger partial charge in [0, 0.05) is 35.8 Å². The summed E-state index contributed by atoms with van der Waals surface area (Å²) < 4.78 is 0. The highest BCUT2D eigenvalue weighted by atomic mass is 16.3. The Labute approximate surface area is 158 Å². The summed E-state index contributed by atoms with van der Waals surface area (Å²) in [5, 5.41) is 16.3. The third-order valence-corrected chi connectivity index (χ3v) is 4.76. The molecule has 2 aromatic heterocycles. The van der Waals surface area contributed by atoms with Crippen LogP contribution in [0.1, 0.15) is 32.1 Å². The van der Waals surface area contributed by atoms with Gasteiger partial charge in [0.25, 0.3) is 0 Å². The molecule has 6 heteroatoms. The van der Waals surface area contributed by atoms with Gasteiger partial charge in [0.2, 0.25) is 5.95 Å². The molecule has 0 saturated heterocycles. The van der Waals surface area contributed by atoms with E-state index >= 15 is 0 Å². The number of pyridine rings is 1. The van der Waals surface area contributed by atoms with Crippen molar-refractivity contribution < 1.29 is 5.11 Å². The summed E-state index contributed by atoms with van der Waals surface area (Å²) in [5.41, 5.74) is 2.62. The first-order valence-electron chi connectivity index (χ1n) is 9.38. The molecule has 4 rings (SSSR count). The summed E-state index contributed by atoms with van der Waals surface area (Å²) in [7, 11) is 0. The number of rotatable bonds is 5. The Bertz CT molecular complexity index is 877. The highest BCUT2D eigenvalue weighted by Gasteiger charge is 2.15. The third-order valence-electron chi connectivity index (χ3n) is 4.76. The van der Waals surface area contributed by atoms with E-state index < -0.39 is 0 Å². The number of benzene rings is 1. The zero-order valence-electron chi connectivity index (χ0n) is 15.1. The van der Waals surface area contributed by atoms with Gasteiger partial charge in [-0.05, 0) is 49.2 Å². The normalized spacial score (nSPS) is 14.7. The maximum Gasteiger partial charge on any atom is 0.225 e. The Morgan fingerprint density at radius 1 is 0.963 bits per heavy atom. The molecule has 0 bridgehead atoms. The smallest absolute Gasteiger partial charge is 0.225 e. The number of aromatic hydroxyl groups is 1. The highest BCUT2D eigenvalue weighted by molar-refractivity contribution is 5.67. The van der Waals surface area contributed by atoms with Gasteiger partial charge in [-0.1, -0.05) is 19.3 Å². The number of nitrogens with zero attached hydrogens (tertiary/aromatic N) is 3. The molecule has 1 aliphatic rings. The lowest BCUT2D eigenvalue weighted by Gasteiger charge is -2.23. The largest absolute Gasteiger partial charge is 0.508 e. The molecule has 1 aliphatic carbocycles. The minimum absolute atomic E-state index is 0.235. The van der Waals surface area contributed by atoms with Gasteiger partial charge in [0.15, 0.2) is 0 Å². The molecule has 0 unspecified atom stereocenters. The maximum atomic E-state index is 9.47. The van der Waals surface area contributed by atoms with Crippen LogP contribution in [0.3, 0.4) is 0 Å². The molecule has 0 aliphatic heterocycles. The number of phenolic OH excluding ortho intramolecular Hbond substituents is 1. The van der Waals surface area contributed by atoms with E-state index in [1.165, 1.54) is 19.3 Å². The van der Waals surface area contributed by atoms with Crippen LogP contribution in [0.15, 0.2) is 54.9 Å². The molecular formula is C21H23N5O. The molecule has 1 saturated carbocycles. The van der Waals surface area contributed by atoms with Gasteiger partial charge in [-0.25, -0.2) is 4.98 Å². The lowest BCUT2D eigenvalue weighted by molar-refractivity contribution is 0.461. The highest BCUT2D eigenvalue weighted by Crippen LogP contribution is 2.26. The monoisotopic (exact) mass is 361 g/mol. The fraction of sp³-hybridized carbons (Fsp3) is 0.286. The van der Waals surface area contributed by atoms with E-state index in [1.807, 2.05) is 30.3 Å². The van der Waals surface area contributed by atoms with E-state index in [0.717, 1.165) is 29.8 Å². The van der Waals surface area contributed by atoms with Crippen LogP contribution in [0.25, 0.3) is 11.3 Å². The fourth-order valence-electron chi connectivity index (χ4n) is 3.36. The predicted octanol–water partition coefficient (Wildman–Crippen LogP) is 4.73. The van der Waals surface area contributed by atoms with Crippen LogP contribution in [-0.4, -0.2) is 26.1 Å². The van der Waals surface area contributed by atoms with Gasteiger partial charge < -0.3 is 15.7 Å². The van der Waals surface area contributed by atoms with Crippen LogP contribution >= 0.6 is 0 Å². The average Bonchev–Trinajstić information content (AvgIpc) is 2.71. The van der Waals surface area contributed by atoms with E-state index in [-0.39, 0.29) is 5.75 Å². The minimum atomic E-state index is 0.235. The third kappa shape index (κ3) is 4.53. The van der Waals surface area contributed by atoms with Crippen molar-refractivity contribution in [2.45, 2.75) is 38.1 Å². The molecule has 27 heavy (non-hydrogen) atoms. The maximum absolute atomic E-state index is 9.47. The number of phenols is 1. The summed E-state index contributed by atoms with van der Waals surface area (Å²) in [6.45, 7) is 0. The van der Waals surface area contributed by atoms with Crippen LogP contribution in [0, 0.1) is 0 Å². The molecule has 6 nitrogen and oxygen atoms in total. The van der Waals surface area contributed by atoms with Crippen LogP contribution in [-0.2, 0) is 0 Å². The van der Waals surface area contributed by atoms with Gasteiger partial charge >= 0.3 is 0 Å². The molecule has 0 atom stereocenters. The molecule has 1 aromatic carbocycles. The number of hydrogen-bond donors (Lipinski definition) is 3. The minimum Gasteiger partial charge on any atom is -0.508 e. The Morgan fingerprint density at radius 2 is 1.78 bits per heavy atom. The Kier molecular flexibility index (Phi) is 5.14. The van der Waals surface area contributed by atoms with Crippen LogP contribution < -0.4 is 10.6 Å². The Morgan fingerprint density at radius 3 is 2.52 bits per heavy atom. The van der Waals surface area contributed by atoms with Gasteiger partial charge in [-0.3, -0.25) is 4.98 Å². The first-order valence-corrected chi connectivity index (χ1v) is 9.38. The van der Waals surface area contributed by atoms with Crippen molar-refractivity contribution in [1.29, 1.82) is 0 Å². The number of hydrogen-bond acceptors (Lipinski definition) is 6. The molecule has 1 fully saturated rings. The van der Waals surface area contributed by atoms with E-state index in [4.69, 9.17) is 4.98 Å². The Hall–Kier alpha value is -3.15. The molecule has 3 aromatic rings. The second-order valence-corrected chi connectivity index (χ2v) is 6.85. The first-order chi connectivity index (χ1) is 13.3. The molecular weight excluding hydrogens is 338 g/mol. The van der Waals surface area contributed by atoms with E-state index in [9.17, 15) is 5.11 Å². The van der Waals surface area contributed by atoms with Crippen LogP contribution in [0.2, 0.25) is 0 Å². The van der Waals surface area contributed by atoms with Gasteiger partial charge in [-0.2, -0.15) is 4.98 Å². The van der Waals surface area contributed by atoms with Crippen molar-refractivity contribution in [3.63, 3.8) is 0 Å². The molecule has 2 heterocycles. The van der Waals surface area contributed by atoms with Crippen molar-refractivity contribution >= 4 is 17.5 Å². The molecule has 0 radical (unpaired) electrons. The second kappa shape index (κ2) is 8.03. The predicted molar refractivity (Wildman–Crippen MR) is 107 cm³/mol. The standard InChI is InChI=1S/C21H23N5O/c27-18-10-8-17(9-11-18)23-20-13-19(15-5-4-12-22-14-15)25-21(26-20)24-16-6-2-1-3-7-16/h4-5,8-14,16,27H,1-3,6-7H2,(H2,23,24,25,26). The van der Waals surface area contributed by atoms with Crippen LogP contribution in [0.4, 0.5) is 17.5 Å². The summed E-state index contributed by atoms with van der Waals surface area (Å²) in [5.74, 6) is 1.57. The summed E-state index contributed by atoms with van der Waals surface area (Å²) in [4.78, 5) is 13.6. The quantitative estimate of drug-likeness (QED) is 0.570. The molecule has 138 valence electrons. The number of aromatic nitrogens is 3. The van der Waals surface area contributed by atoms with Crippen molar-refractivity contribution in [3.05, 3.63) is 54.9 Å². The van der Waals surface area contributed by atoms with E-state index in [0.29, 0.717) is 17.8 Å². The SMILES string of the molecule is Oc1ccc(Nc2cc(-c3cccnc3)nc(NC3CCCCC3)n2)cc1. The van der Waals surface area contributed by atoms with Crippen molar-refractivity contribution in [1.82, 2.24) is 15.0 Å². The topological polar surface area (TPSA) is 83.0 Å². The van der Waals surface area contributed by atoms with Gasteiger partial charge in [0.1, 0.15) is 11.6 Å².